The van der Waals surface area contributed by atoms with Crippen LogP contribution in [0.3, 0.4) is 0 Å². The molecule has 24 heavy (non-hydrogen) atoms. The molecule has 2 rings (SSSR count). The molecule has 1 fully saturated rings. The molecule has 1 saturated carbocycles. The molecule has 0 bridgehead atoms. The molecule has 0 aliphatic heterocycles. The molecule has 3 N–H and O–H groups in total. The van der Waals surface area contributed by atoms with E-state index in [1.807, 2.05) is 0 Å². The number of aryl methyl sites for hydroxylation is 1. The molecule has 1 aliphatic rings. The highest BCUT2D eigenvalue weighted by Gasteiger charge is 2.45. The van der Waals surface area contributed by atoms with Gasteiger partial charge >= 0.3 is 0 Å². The van der Waals surface area contributed by atoms with Crippen molar-refractivity contribution >= 4 is 5.78 Å². The van der Waals surface area contributed by atoms with E-state index in [1.54, 1.807) is 18.2 Å². The van der Waals surface area contributed by atoms with Crippen molar-refractivity contribution in [2.45, 2.75) is 58.0 Å². The lowest BCUT2D eigenvalue weighted by Gasteiger charge is -2.23. The number of rotatable bonds is 7. The Kier molecular flexibility index (Phi) is 6.05. The zero-order valence-corrected chi connectivity index (χ0v) is 14.5. The molecule has 0 amide bonds. The van der Waals surface area contributed by atoms with Gasteiger partial charge in [0.25, 0.3) is 0 Å². The number of hydrogen-bond acceptors (Lipinski definition) is 4. The molecule has 4 heteroatoms. The van der Waals surface area contributed by atoms with Crippen LogP contribution in [0.4, 0.5) is 0 Å². The number of carbonyl (C=O) groups is 1. The number of aliphatic hydroxyl groups excluding tert-OH is 1. The van der Waals surface area contributed by atoms with Crippen molar-refractivity contribution in [1.82, 2.24) is 0 Å². The summed E-state index contributed by atoms with van der Waals surface area (Å²) < 4.78 is 0. The highest BCUT2D eigenvalue weighted by molar-refractivity contribution is 5.79. The highest BCUT2D eigenvalue weighted by atomic mass is 16.3. The average Bonchev–Trinajstić information content (AvgIpc) is 2.84. The fraction of sp³-hybridized carbons (Fsp3) is 0.550. The number of phenolic OH excluding ortho intramolecular Hbond substituents is 2. The number of ketones is 1. The summed E-state index contributed by atoms with van der Waals surface area (Å²) in [5.41, 5.74) is 1.21. The van der Waals surface area contributed by atoms with Crippen molar-refractivity contribution in [3.63, 3.8) is 0 Å². The van der Waals surface area contributed by atoms with Crippen LogP contribution in [0.25, 0.3) is 0 Å². The number of allylic oxidation sites excluding steroid dienone is 1. The second kappa shape index (κ2) is 7.84. The Bertz CT molecular complexity index is 585. The molecule has 0 saturated heterocycles. The summed E-state index contributed by atoms with van der Waals surface area (Å²) in [6.45, 7) is 7.38. The van der Waals surface area contributed by atoms with Crippen molar-refractivity contribution in [2.24, 2.45) is 11.8 Å². The Labute approximate surface area is 143 Å². The van der Waals surface area contributed by atoms with Crippen LogP contribution in [-0.2, 0) is 11.2 Å². The van der Waals surface area contributed by atoms with Crippen molar-refractivity contribution in [1.29, 1.82) is 0 Å². The van der Waals surface area contributed by atoms with Crippen molar-refractivity contribution in [3.05, 3.63) is 35.9 Å². The first kappa shape index (κ1) is 18.5. The number of hydrogen-bond donors (Lipinski definition) is 3. The van der Waals surface area contributed by atoms with E-state index in [9.17, 15) is 20.1 Å². The van der Waals surface area contributed by atoms with Crippen molar-refractivity contribution < 1.29 is 20.1 Å². The second-order valence-electron chi connectivity index (χ2n) is 6.87. The maximum absolute atomic E-state index is 11.7. The van der Waals surface area contributed by atoms with Crippen LogP contribution in [-0.4, -0.2) is 27.2 Å². The van der Waals surface area contributed by atoms with Crippen LogP contribution >= 0.6 is 0 Å². The second-order valence-corrected chi connectivity index (χ2v) is 6.87. The number of aliphatic hydroxyl groups is 1. The summed E-state index contributed by atoms with van der Waals surface area (Å²) in [6, 6.07) is 3.33. The number of Topliss-reactive ketones (excluding diaryl/α,β-unsaturated/α-hetero) is 1. The molecular weight excluding hydrogens is 304 g/mol. The van der Waals surface area contributed by atoms with E-state index < -0.39 is 17.9 Å². The maximum atomic E-state index is 11.7. The third kappa shape index (κ3) is 3.64. The Balaban J connectivity index is 2.33. The zero-order valence-electron chi connectivity index (χ0n) is 14.5. The lowest BCUT2D eigenvalue weighted by Crippen LogP contribution is -2.25. The molecule has 0 aromatic heterocycles. The summed E-state index contributed by atoms with van der Waals surface area (Å²) in [7, 11) is 0. The molecule has 0 unspecified atom stereocenters. The largest absolute Gasteiger partial charge is 0.508 e. The third-order valence-corrected chi connectivity index (χ3v) is 5.19. The predicted octanol–water partition coefficient (Wildman–Crippen LogP) is 3.69. The Morgan fingerprint density at radius 1 is 1.29 bits per heavy atom. The monoisotopic (exact) mass is 332 g/mol. The van der Waals surface area contributed by atoms with Crippen molar-refractivity contribution in [2.75, 3.05) is 0 Å². The van der Waals surface area contributed by atoms with Crippen LogP contribution in [0.5, 0.6) is 11.5 Å². The van der Waals surface area contributed by atoms with Gasteiger partial charge in [-0.2, -0.15) is 0 Å². The highest BCUT2D eigenvalue weighted by Crippen LogP contribution is 2.49. The molecule has 1 aliphatic carbocycles. The van der Waals surface area contributed by atoms with Gasteiger partial charge in [-0.1, -0.05) is 25.8 Å². The molecule has 0 heterocycles. The molecule has 0 radical (unpaired) electrons. The molecule has 4 atom stereocenters. The first-order valence-electron chi connectivity index (χ1n) is 8.76. The predicted molar refractivity (Wildman–Crippen MR) is 94.2 cm³/mol. The third-order valence-electron chi connectivity index (χ3n) is 5.19. The van der Waals surface area contributed by atoms with Gasteiger partial charge in [-0.05, 0) is 49.8 Å². The van der Waals surface area contributed by atoms with Crippen molar-refractivity contribution in [3.8, 4) is 11.5 Å². The fourth-order valence-corrected chi connectivity index (χ4v) is 3.86. The summed E-state index contributed by atoms with van der Waals surface area (Å²) in [5.74, 6) is -1.26. The molecule has 1 aromatic rings. The van der Waals surface area contributed by atoms with Crippen LogP contribution in [0.1, 0.15) is 56.6 Å². The quantitative estimate of drug-likeness (QED) is 0.526. The Hall–Kier alpha value is -1.81. The fourth-order valence-electron chi connectivity index (χ4n) is 3.86. The van der Waals surface area contributed by atoms with Gasteiger partial charge in [-0.15, -0.1) is 6.58 Å². The SMILES string of the molecule is C=C[C@@H]1C[C@@H](C(C)=O)[C@H](O)[C@H]1c1c(O)cc(CCCCC)cc1O. The number of carbonyl (C=O) groups excluding carboxylic acids is 1. The van der Waals surface area contributed by atoms with E-state index in [1.165, 1.54) is 6.92 Å². The topological polar surface area (TPSA) is 77.8 Å². The maximum Gasteiger partial charge on any atom is 0.135 e. The van der Waals surface area contributed by atoms with Gasteiger partial charge in [0.1, 0.15) is 17.3 Å². The first-order chi connectivity index (χ1) is 11.4. The standard InChI is InChI=1S/C20H28O4/c1-4-6-7-8-13-9-16(22)19(17(23)10-13)18-14(5-2)11-15(12(3)21)20(18)24/h5,9-10,14-15,18,20,22-24H,2,4,6-8,11H2,1,3H3/t14-,15+,18-,20+/m1/s1. The van der Waals surface area contributed by atoms with Gasteiger partial charge < -0.3 is 15.3 Å². The summed E-state index contributed by atoms with van der Waals surface area (Å²) >= 11 is 0. The molecule has 0 spiro atoms. The van der Waals surface area contributed by atoms with E-state index in [4.69, 9.17) is 0 Å². The van der Waals surface area contributed by atoms with Gasteiger partial charge in [-0.25, -0.2) is 0 Å². The number of benzene rings is 1. The summed E-state index contributed by atoms with van der Waals surface area (Å²) in [4.78, 5) is 11.7. The molecule has 4 nitrogen and oxygen atoms in total. The summed E-state index contributed by atoms with van der Waals surface area (Å²) in [6.07, 6.45) is 5.27. The smallest absolute Gasteiger partial charge is 0.135 e. The first-order valence-corrected chi connectivity index (χ1v) is 8.76. The zero-order chi connectivity index (χ0) is 17.9. The lowest BCUT2D eigenvalue weighted by atomic mass is 9.85. The Morgan fingerprint density at radius 2 is 1.92 bits per heavy atom. The summed E-state index contributed by atoms with van der Waals surface area (Å²) in [5, 5.41) is 31.5. The van der Waals surface area contributed by atoms with Crippen LogP contribution in [0, 0.1) is 11.8 Å². The van der Waals surface area contributed by atoms with Gasteiger partial charge in [-0.3, -0.25) is 4.79 Å². The average molecular weight is 332 g/mol. The van der Waals surface area contributed by atoms with E-state index in [0.717, 1.165) is 31.2 Å². The van der Waals surface area contributed by atoms with Gasteiger partial charge in [0, 0.05) is 17.4 Å². The Morgan fingerprint density at radius 3 is 2.42 bits per heavy atom. The van der Waals surface area contributed by atoms with Crippen LogP contribution in [0.15, 0.2) is 24.8 Å². The molecular formula is C20H28O4. The minimum Gasteiger partial charge on any atom is -0.508 e. The normalized spacial score (nSPS) is 26.5. The van der Waals surface area contributed by atoms with Gasteiger partial charge in [0.15, 0.2) is 0 Å². The van der Waals surface area contributed by atoms with Gasteiger partial charge in [0.2, 0.25) is 0 Å². The number of unbranched alkanes of at least 4 members (excludes halogenated alkanes) is 2. The van der Waals surface area contributed by atoms with Gasteiger partial charge in [0.05, 0.1) is 6.10 Å². The van der Waals surface area contributed by atoms with E-state index in [-0.39, 0.29) is 23.2 Å². The van der Waals surface area contributed by atoms with E-state index in [2.05, 4.69) is 13.5 Å². The minimum absolute atomic E-state index is 0.0124. The molecule has 132 valence electrons. The minimum atomic E-state index is -0.923. The van der Waals surface area contributed by atoms with Crippen LogP contribution < -0.4 is 0 Å². The van der Waals surface area contributed by atoms with E-state index in [0.29, 0.717) is 12.0 Å². The number of aromatic hydroxyl groups is 2. The van der Waals surface area contributed by atoms with E-state index >= 15 is 0 Å². The van der Waals surface area contributed by atoms with Crippen LogP contribution in [0.2, 0.25) is 0 Å². The number of phenols is 2. The lowest BCUT2D eigenvalue weighted by molar-refractivity contribution is -0.123. The molecule has 1 aromatic carbocycles.